The number of hydrogen-bond donors (Lipinski definition) is 0. The minimum Gasteiger partial charge on any atom is -0.462 e. The zero-order chi connectivity index (χ0) is 25.4. The number of carbonyl (C=O) groups is 3. The topological polar surface area (TPSA) is 78.9 Å². The summed E-state index contributed by atoms with van der Waals surface area (Å²) in [6.07, 6.45) is -5.67. The summed E-state index contributed by atoms with van der Waals surface area (Å²) in [5, 5.41) is 0. The largest absolute Gasteiger partial charge is 0.462 e. The Hall–Kier alpha value is -1.94. The molecule has 0 aromatic rings. The lowest BCUT2D eigenvalue weighted by atomic mass is 9.70. The molecule has 0 fully saturated rings. The van der Waals surface area contributed by atoms with Gasteiger partial charge >= 0.3 is 30.0 Å². The van der Waals surface area contributed by atoms with Crippen LogP contribution in [0.25, 0.3) is 0 Å². The predicted octanol–water partition coefficient (Wildman–Crippen LogP) is 5.08. The van der Waals surface area contributed by atoms with Gasteiger partial charge < -0.3 is 14.2 Å². The molecule has 0 amide bonds. The Labute approximate surface area is 185 Å². The minimum absolute atomic E-state index is 0.0674. The Bertz CT molecular complexity index is 638. The molecule has 1 atom stereocenters. The molecule has 0 bridgehead atoms. The molecule has 0 aliphatic heterocycles. The van der Waals surface area contributed by atoms with E-state index in [0.717, 1.165) is 6.42 Å². The first-order valence-corrected chi connectivity index (χ1v) is 10.2. The second-order valence-corrected chi connectivity index (χ2v) is 9.39. The molecule has 0 aliphatic rings. The fraction of sp³-hybridized carbons (Fsp3) is 0.857. The van der Waals surface area contributed by atoms with Crippen molar-refractivity contribution in [1.82, 2.24) is 0 Å². The van der Waals surface area contributed by atoms with Crippen LogP contribution >= 0.6 is 0 Å². The highest BCUT2D eigenvalue weighted by Gasteiger charge is 2.58. The van der Waals surface area contributed by atoms with Gasteiger partial charge in [0.1, 0.15) is 13.2 Å². The van der Waals surface area contributed by atoms with Gasteiger partial charge in [-0.3, -0.25) is 14.4 Å². The first-order chi connectivity index (χ1) is 14.3. The number of ether oxygens (including phenoxy) is 3. The maximum Gasteiger partial charge on any atom is 0.456 e. The fourth-order valence-corrected chi connectivity index (χ4v) is 2.44. The summed E-state index contributed by atoms with van der Waals surface area (Å²) >= 11 is 0. The molecule has 6 nitrogen and oxygen atoms in total. The summed E-state index contributed by atoms with van der Waals surface area (Å²) in [5.74, 6) is -8.30. The van der Waals surface area contributed by atoms with Gasteiger partial charge in [-0.2, -0.15) is 22.0 Å². The summed E-state index contributed by atoms with van der Waals surface area (Å²) in [6, 6.07) is 0. The molecule has 0 spiro atoms. The molecule has 0 saturated heterocycles. The van der Waals surface area contributed by atoms with Crippen molar-refractivity contribution in [2.75, 3.05) is 19.8 Å². The van der Waals surface area contributed by atoms with Crippen molar-refractivity contribution in [2.24, 2.45) is 16.7 Å². The monoisotopic (exact) mass is 476 g/mol. The van der Waals surface area contributed by atoms with E-state index < -0.39 is 49.5 Å². The van der Waals surface area contributed by atoms with E-state index in [-0.39, 0.29) is 30.0 Å². The highest BCUT2D eigenvalue weighted by atomic mass is 19.4. The molecule has 0 rings (SSSR count). The second-order valence-electron chi connectivity index (χ2n) is 9.39. The van der Waals surface area contributed by atoms with Crippen LogP contribution in [-0.4, -0.2) is 49.8 Å². The number of rotatable bonds is 12. The van der Waals surface area contributed by atoms with Crippen LogP contribution in [0, 0.1) is 16.7 Å². The third kappa shape index (κ3) is 11.1. The van der Waals surface area contributed by atoms with E-state index in [4.69, 9.17) is 9.47 Å². The number of carbonyl (C=O) groups excluding carboxylic acids is 3. The van der Waals surface area contributed by atoms with Gasteiger partial charge in [0, 0.05) is 0 Å². The third-order valence-electron chi connectivity index (χ3n) is 5.00. The molecule has 0 aliphatic carbocycles. The number of esters is 3. The molecule has 0 heterocycles. The van der Waals surface area contributed by atoms with Gasteiger partial charge in [-0.1, -0.05) is 48.0 Å². The lowest BCUT2D eigenvalue weighted by Gasteiger charge is -2.35. The smallest absolute Gasteiger partial charge is 0.456 e. The highest BCUT2D eigenvalue weighted by Crippen LogP contribution is 2.38. The second kappa shape index (κ2) is 11.8. The minimum atomic E-state index is -5.85. The van der Waals surface area contributed by atoms with Crippen molar-refractivity contribution in [1.29, 1.82) is 0 Å². The van der Waals surface area contributed by atoms with E-state index in [9.17, 15) is 36.3 Å². The van der Waals surface area contributed by atoms with Crippen LogP contribution in [0.5, 0.6) is 0 Å². The average Bonchev–Trinajstić information content (AvgIpc) is 2.64. The van der Waals surface area contributed by atoms with Crippen molar-refractivity contribution in [3.63, 3.8) is 0 Å². The summed E-state index contributed by atoms with van der Waals surface area (Å²) in [7, 11) is 0. The van der Waals surface area contributed by atoms with Crippen molar-refractivity contribution in [3.05, 3.63) is 0 Å². The quantitative estimate of drug-likeness (QED) is 0.169. The fourth-order valence-electron chi connectivity index (χ4n) is 2.44. The van der Waals surface area contributed by atoms with E-state index in [2.05, 4.69) is 18.6 Å². The lowest BCUT2D eigenvalue weighted by molar-refractivity contribution is -0.294. The molecule has 32 heavy (non-hydrogen) atoms. The molecule has 0 radical (unpaired) electrons. The van der Waals surface area contributed by atoms with Crippen molar-refractivity contribution >= 4 is 17.9 Å². The molecule has 0 aromatic carbocycles. The normalized spacial score (nSPS) is 14.0. The van der Waals surface area contributed by atoms with E-state index in [1.807, 2.05) is 27.7 Å². The molecular formula is C21H33F5O6. The van der Waals surface area contributed by atoms with E-state index >= 15 is 0 Å². The Morgan fingerprint density at radius 2 is 1.25 bits per heavy atom. The first kappa shape index (κ1) is 30.1. The summed E-state index contributed by atoms with van der Waals surface area (Å²) in [6.45, 7) is 9.24. The zero-order valence-electron chi connectivity index (χ0n) is 19.4. The van der Waals surface area contributed by atoms with Crippen LogP contribution in [0.3, 0.4) is 0 Å². The van der Waals surface area contributed by atoms with Crippen LogP contribution in [0.1, 0.15) is 67.2 Å². The molecule has 1 unspecified atom stereocenters. The molecular weight excluding hydrogens is 443 g/mol. The Morgan fingerprint density at radius 1 is 0.781 bits per heavy atom. The van der Waals surface area contributed by atoms with E-state index in [1.165, 1.54) is 0 Å². The van der Waals surface area contributed by atoms with Crippen LogP contribution in [0.2, 0.25) is 0 Å². The lowest BCUT2D eigenvalue weighted by Crippen LogP contribution is -2.41. The Balaban J connectivity index is 4.36. The van der Waals surface area contributed by atoms with Crippen LogP contribution < -0.4 is 0 Å². The van der Waals surface area contributed by atoms with Crippen molar-refractivity contribution in [2.45, 2.75) is 79.3 Å². The Morgan fingerprint density at radius 3 is 1.69 bits per heavy atom. The maximum absolute atomic E-state index is 12.7. The molecule has 188 valence electrons. The number of hydrogen-bond acceptors (Lipinski definition) is 6. The SMILES string of the molecule is CCC(C)(C)CC(C(=O)OCCOC(=O)CCC(=O)OCC(F)(F)C(F)(F)F)C(C)(C)C. The van der Waals surface area contributed by atoms with Gasteiger partial charge in [0.2, 0.25) is 0 Å². The molecule has 11 heteroatoms. The van der Waals surface area contributed by atoms with E-state index in [1.54, 1.807) is 0 Å². The standard InChI is InChI=1S/C21H33F5O6/c1-7-19(5,6)12-14(18(2,3)4)17(29)31-11-10-30-15(27)8-9-16(28)32-13-20(22,23)21(24,25)26/h14H,7-13H2,1-6H3. The zero-order valence-corrected chi connectivity index (χ0v) is 19.4. The van der Waals surface area contributed by atoms with Gasteiger partial charge in [-0.25, -0.2) is 0 Å². The van der Waals surface area contributed by atoms with Crippen molar-refractivity contribution in [3.8, 4) is 0 Å². The maximum atomic E-state index is 12.7. The van der Waals surface area contributed by atoms with Gasteiger partial charge in [0.25, 0.3) is 0 Å². The molecule has 0 aromatic heterocycles. The predicted molar refractivity (Wildman–Crippen MR) is 105 cm³/mol. The van der Waals surface area contributed by atoms with Crippen LogP contribution in [0.15, 0.2) is 0 Å². The third-order valence-corrected chi connectivity index (χ3v) is 5.00. The van der Waals surface area contributed by atoms with E-state index in [0.29, 0.717) is 6.42 Å². The summed E-state index contributed by atoms with van der Waals surface area (Å²) < 4.78 is 75.2. The highest BCUT2D eigenvalue weighted by molar-refractivity contribution is 5.77. The van der Waals surface area contributed by atoms with Crippen LogP contribution in [-0.2, 0) is 28.6 Å². The summed E-state index contributed by atoms with van der Waals surface area (Å²) in [4.78, 5) is 35.3. The van der Waals surface area contributed by atoms with Crippen molar-refractivity contribution < 1.29 is 50.5 Å². The van der Waals surface area contributed by atoms with Crippen LogP contribution in [0.4, 0.5) is 22.0 Å². The first-order valence-electron chi connectivity index (χ1n) is 10.2. The number of alkyl halides is 5. The van der Waals surface area contributed by atoms with Gasteiger partial charge in [-0.15, -0.1) is 0 Å². The van der Waals surface area contributed by atoms with Gasteiger partial charge in [0.15, 0.2) is 6.61 Å². The van der Waals surface area contributed by atoms with Gasteiger partial charge in [0.05, 0.1) is 18.8 Å². The number of halogens is 5. The molecule has 0 saturated carbocycles. The average molecular weight is 476 g/mol. The van der Waals surface area contributed by atoms with Gasteiger partial charge in [-0.05, 0) is 17.3 Å². The Kier molecular flexibility index (Phi) is 11.1. The summed E-state index contributed by atoms with van der Waals surface area (Å²) in [5.41, 5.74) is -0.411. The molecule has 0 N–H and O–H groups in total.